The van der Waals surface area contributed by atoms with Gasteiger partial charge in [-0.05, 0) is 38.2 Å². The first-order valence-corrected chi connectivity index (χ1v) is 6.76. The summed E-state index contributed by atoms with van der Waals surface area (Å²) in [4.78, 5) is 12.0. The van der Waals surface area contributed by atoms with Crippen LogP contribution in [0.25, 0.3) is 0 Å². The number of para-hydroxylation sites is 1. The van der Waals surface area contributed by atoms with Crippen molar-refractivity contribution in [3.8, 4) is 5.75 Å². The zero-order valence-corrected chi connectivity index (χ0v) is 12.5. The number of carbonyl (C=O) groups excluding carboxylic acids is 1. The molecule has 1 aromatic rings. The van der Waals surface area contributed by atoms with Crippen molar-refractivity contribution in [2.75, 3.05) is 6.61 Å². The van der Waals surface area contributed by atoms with Gasteiger partial charge in [0.15, 0.2) is 11.2 Å². The molecule has 0 aliphatic carbocycles. The van der Waals surface area contributed by atoms with Crippen molar-refractivity contribution in [2.45, 2.75) is 19.9 Å². The summed E-state index contributed by atoms with van der Waals surface area (Å²) in [7, 11) is 0. The second-order valence-corrected chi connectivity index (χ2v) is 4.67. The van der Waals surface area contributed by atoms with Crippen LogP contribution in [0, 0.1) is 0 Å². The molecule has 0 spiro atoms. The van der Waals surface area contributed by atoms with Crippen LogP contribution in [-0.2, 0) is 4.79 Å². The van der Waals surface area contributed by atoms with E-state index in [1.165, 1.54) is 0 Å². The minimum Gasteiger partial charge on any atom is -0.492 e. The fraction of sp³-hybridized carbons (Fsp3) is 0.308. The van der Waals surface area contributed by atoms with Gasteiger partial charge in [-0.1, -0.05) is 12.1 Å². The van der Waals surface area contributed by atoms with E-state index in [2.05, 4.69) is 15.3 Å². The lowest BCUT2D eigenvalue weighted by atomic mass is 10.2. The molecule has 21 heavy (non-hydrogen) atoms. The van der Waals surface area contributed by atoms with Gasteiger partial charge in [-0.3, -0.25) is 4.79 Å². The van der Waals surface area contributed by atoms with Gasteiger partial charge in [-0.2, -0.15) is 20.3 Å². The lowest BCUT2D eigenvalue weighted by Crippen LogP contribution is -2.37. The van der Waals surface area contributed by atoms with E-state index in [4.69, 9.17) is 22.7 Å². The number of azo groups is 1. The number of hydrazone groups is 1. The molecule has 0 aromatic heterocycles. The number of thiocarbonyl (C=S) groups is 1. The first-order valence-electron chi connectivity index (χ1n) is 6.35. The maximum Gasteiger partial charge on any atom is 0.282 e. The summed E-state index contributed by atoms with van der Waals surface area (Å²) >= 11 is 4.75. The van der Waals surface area contributed by atoms with Crippen LogP contribution >= 0.6 is 12.2 Å². The number of amides is 1. The van der Waals surface area contributed by atoms with E-state index in [1.54, 1.807) is 19.1 Å². The fourth-order valence-electron chi connectivity index (χ4n) is 1.78. The highest BCUT2D eigenvalue weighted by atomic mass is 32.1. The van der Waals surface area contributed by atoms with Gasteiger partial charge in [-0.25, -0.2) is 0 Å². The fourth-order valence-corrected chi connectivity index (χ4v) is 1.92. The van der Waals surface area contributed by atoms with E-state index >= 15 is 0 Å². The number of ether oxygens (including phenoxy) is 1. The molecule has 7 nitrogen and oxygen atoms in total. The zero-order chi connectivity index (χ0) is 15.4. The van der Waals surface area contributed by atoms with Gasteiger partial charge in [0, 0.05) is 0 Å². The Morgan fingerprint density at radius 2 is 2.24 bits per heavy atom. The van der Waals surface area contributed by atoms with E-state index < -0.39 is 11.9 Å². The van der Waals surface area contributed by atoms with Crippen LogP contribution in [0.4, 0.5) is 5.69 Å². The quantitative estimate of drug-likeness (QED) is 0.680. The molecule has 1 atom stereocenters. The molecule has 0 unspecified atom stereocenters. The van der Waals surface area contributed by atoms with Crippen molar-refractivity contribution < 1.29 is 9.53 Å². The molecule has 110 valence electrons. The Kier molecular flexibility index (Phi) is 4.59. The minimum absolute atomic E-state index is 0.105. The maximum atomic E-state index is 12.0. The summed E-state index contributed by atoms with van der Waals surface area (Å²) in [6.45, 7) is 4.07. The highest BCUT2D eigenvalue weighted by molar-refractivity contribution is 7.80. The van der Waals surface area contributed by atoms with Gasteiger partial charge in [-0.15, -0.1) is 0 Å². The Hall–Kier alpha value is -2.35. The SMILES string of the molecule is CCOc1ccccc1N=N[C@@H]1C(=O)N(C(N)=S)N=C1C. The third-order valence-electron chi connectivity index (χ3n) is 2.75. The van der Waals surface area contributed by atoms with Gasteiger partial charge in [0.25, 0.3) is 5.91 Å². The normalized spacial score (nSPS) is 18.2. The number of nitrogens with zero attached hydrogens (tertiary/aromatic N) is 4. The second-order valence-electron chi connectivity index (χ2n) is 4.25. The summed E-state index contributed by atoms with van der Waals surface area (Å²) in [6.07, 6.45) is 0. The molecule has 0 radical (unpaired) electrons. The smallest absolute Gasteiger partial charge is 0.282 e. The largest absolute Gasteiger partial charge is 0.492 e. The molecule has 2 rings (SSSR count). The third kappa shape index (κ3) is 3.22. The number of benzene rings is 1. The van der Waals surface area contributed by atoms with Crippen LogP contribution < -0.4 is 10.5 Å². The number of hydrogen-bond donors (Lipinski definition) is 1. The molecule has 1 aliphatic heterocycles. The van der Waals surface area contributed by atoms with Crippen molar-refractivity contribution in [1.82, 2.24) is 5.01 Å². The molecular weight excluding hydrogens is 290 g/mol. The van der Waals surface area contributed by atoms with Crippen LogP contribution in [-0.4, -0.2) is 34.4 Å². The van der Waals surface area contributed by atoms with Crippen LogP contribution in [0.1, 0.15) is 13.8 Å². The van der Waals surface area contributed by atoms with E-state index in [0.717, 1.165) is 5.01 Å². The average molecular weight is 305 g/mol. The molecular formula is C13H15N5O2S. The van der Waals surface area contributed by atoms with Crippen LogP contribution in [0.2, 0.25) is 0 Å². The topological polar surface area (TPSA) is 92.6 Å². The maximum absolute atomic E-state index is 12.0. The first kappa shape index (κ1) is 15.0. The molecule has 1 amide bonds. The van der Waals surface area contributed by atoms with Gasteiger partial charge in [0.2, 0.25) is 0 Å². The van der Waals surface area contributed by atoms with Crippen LogP contribution in [0.5, 0.6) is 5.75 Å². The summed E-state index contributed by atoms with van der Waals surface area (Å²) in [5, 5.41) is 13.0. The third-order valence-corrected chi connectivity index (χ3v) is 2.92. The van der Waals surface area contributed by atoms with E-state index in [1.807, 2.05) is 19.1 Å². The summed E-state index contributed by atoms with van der Waals surface area (Å²) in [5.74, 6) is 0.202. The molecule has 8 heteroatoms. The van der Waals surface area contributed by atoms with Gasteiger partial charge < -0.3 is 10.5 Å². The lowest BCUT2D eigenvalue weighted by molar-refractivity contribution is -0.126. The number of rotatable bonds is 4. The van der Waals surface area contributed by atoms with E-state index in [0.29, 0.717) is 23.8 Å². The van der Waals surface area contributed by atoms with Crippen molar-refractivity contribution in [3.63, 3.8) is 0 Å². The highest BCUT2D eigenvalue weighted by Gasteiger charge is 2.35. The first-order chi connectivity index (χ1) is 10.0. The van der Waals surface area contributed by atoms with Crippen LogP contribution in [0.15, 0.2) is 39.6 Å². The minimum atomic E-state index is -0.804. The van der Waals surface area contributed by atoms with Gasteiger partial charge >= 0.3 is 0 Å². The Morgan fingerprint density at radius 1 is 1.52 bits per heavy atom. The molecule has 0 fully saturated rings. The predicted octanol–water partition coefficient (Wildman–Crippen LogP) is 2.00. The van der Waals surface area contributed by atoms with Crippen molar-refractivity contribution in [3.05, 3.63) is 24.3 Å². The summed E-state index contributed by atoms with van der Waals surface area (Å²) in [6, 6.07) is 6.39. The lowest BCUT2D eigenvalue weighted by Gasteiger charge is -2.09. The second kappa shape index (κ2) is 6.40. The number of hydrogen-bond acceptors (Lipinski definition) is 6. The molecule has 0 saturated heterocycles. The monoisotopic (exact) mass is 305 g/mol. The predicted molar refractivity (Wildman–Crippen MR) is 82.7 cm³/mol. The Labute approximate surface area is 127 Å². The molecule has 1 aliphatic rings. The standard InChI is InChI=1S/C13H15N5O2S/c1-3-20-10-7-5-4-6-9(10)15-16-11-8(2)17-18(12(11)19)13(14)21/h4-7,11H,3H2,1-2H3,(H2,14,21)/t11-/m0/s1. The van der Waals surface area contributed by atoms with E-state index in [-0.39, 0.29) is 5.11 Å². The zero-order valence-electron chi connectivity index (χ0n) is 11.7. The molecule has 2 N–H and O–H groups in total. The molecule has 0 bridgehead atoms. The van der Waals surface area contributed by atoms with Gasteiger partial charge in [0.05, 0.1) is 12.3 Å². The summed E-state index contributed by atoms with van der Waals surface area (Å²) in [5.41, 5.74) is 6.46. The number of nitrogens with two attached hydrogens (primary N) is 1. The Balaban J connectivity index is 2.21. The van der Waals surface area contributed by atoms with Crippen molar-refractivity contribution >= 4 is 34.6 Å². The Bertz CT molecular complexity index is 629. The Morgan fingerprint density at radius 3 is 2.86 bits per heavy atom. The highest BCUT2D eigenvalue weighted by Crippen LogP contribution is 2.28. The molecule has 0 saturated carbocycles. The van der Waals surface area contributed by atoms with E-state index in [9.17, 15) is 4.79 Å². The van der Waals surface area contributed by atoms with Gasteiger partial charge in [0.1, 0.15) is 11.4 Å². The molecule has 1 heterocycles. The van der Waals surface area contributed by atoms with Crippen molar-refractivity contribution in [1.29, 1.82) is 0 Å². The average Bonchev–Trinajstić information content (AvgIpc) is 2.74. The van der Waals surface area contributed by atoms with Crippen LogP contribution in [0.3, 0.4) is 0 Å². The molecule has 1 aromatic carbocycles. The van der Waals surface area contributed by atoms with Crippen molar-refractivity contribution in [2.24, 2.45) is 21.1 Å². The summed E-state index contributed by atoms with van der Waals surface area (Å²) < 4.78 is 5.45. The number of carbonyl (C=O) groups is 1.